The first-order valence-corrected chi connectivity index (χ1v) is 37.2. The highest BCUT2D eigenvalue weighted by atomic mass is 16.3. The molecule has 0 saturated carbocycles. The standard InChI is InChI=1S/C100H54N8O2/c1-3-13-61(14-4-1)95-101-97(105-99(103-95)67-39-33-57-41-46-70(53-69(57)52-67)107-77-25-9-20-71-73-22-11-27-81-89(73)93-83(109-81)49-44-59-42-47-79(107)91(85(59)93)87(71)77)63-35-29-55(30-36-63)65-18-7-19-66(51-65)56-31-37-64(38-32-56)98-102-96(62-15-5-2-6-16-62)104-100(106-98)68-40-34-58-17-8-24-76(75(58)54-68)108-78-26-10-21-72-74-23-12-28-82-90(74)94-84(110-82)50-45-60-43-48-80(108)92(86(60)94)88(72)78/h1-54H. The topological polar surface area (TPSA) is 113 Å². The first kappa shape index (κ1) is 59.3. The molecule has 0 unspecified atom stereocenters. The quantitative estimate of drug-likeness (QED) is 0.133. The summed E-state index contributed by atoms with van der Waals surface area (Å²) < 4.78 is 18.0. The van der Waals surface area contributed by atoms with Gasteiger partial charge in [-0.3, -0.25) is 0 Å². The van der Waals surface area contributed by atoms with Crippen LogP contribution in [-0.2, 0) is 0 Å². The van der Waals surface area contributed by atoms with E-state index in [1.807, 2.05) is 36.4 Å². The zero-order valence-electron chi connectivity index (χ0n) is 58.6. The monoisotopic (exact) mass is 1400 g/mol. The van der Waals surface area contributed by atoms with Gasteiger partial charge in [0.25, 0.3) is 0 Å². The van der Waals surface area contributed by atoms with E-state index < -0.39 is 0 Å². The molecule has 0 fully saturated rings. The molecule has 110 heavy (non-hydrogen) atoms. The summed E-state index contributed by atoms with van der Waals surface area (Å²) in [5.41, 5.74) is 24.9. The van der Waals surface area contributed by atoms with Crippen LogP contribution in [0.1, 0.15) is 0 Å². The SMILES string of the molecule is c1ccc(-c2nc(-c3ccc(-c4cccc(-c5ccc(-c6nc(-c7ccccc7)nc(-c7ccc8cccc(-n9c%10cccc%11c%10c%10c%12c(ccc%13oc%14cccc-%11c%14c%13%12)ccc%109)c8c7)n6)cc5)c4)cc3)nc(-c3ccc4ccc(-n5c6cccc7c6c6c8c(ccc9oc%10cccc-7c%10c98)ccc65)cc4c3)n2)cc1. The molecule has 0 aliphatic heterocycles. The molecule has 10 nitrogen and oxygen atoms in total. The number of aromatic nitrogens is 8. The van der Waals surface area contributed by atoms with Crippen molar-refractivity contribution in [1.82, 2.24) is 39.0 Å². The second-order valence-corrected chi connectivity index (χ2v) is 29.2. The van der Waals surface area contributed by atoms with Crippen LogP contribution >= 0.6 is 0 Å². The van der Waals surface area contributed by atoms with Gasteiger partial charge >= 0.3 is 0 Å². The summed E-state index contributed by atoms with van der Waals surface area (Å²) in [6.45, 7) is 0. The molecule has 0 spiro atoms. The van der Waals surface area contributed by atoms with Crippen LogP contribution in [-0.4, -0.2) is 39.0 Å². The number of benzene rings is 17. The Morgan fingerprint density at radius 2 is 0.573 bits per heavy atom. The summed E-state index contributed by atoms with van der Waals surface area (Å²) >= 11 is 0. The van der Waals surface area contributed by atoms with Crippen LogP contribution in [0.25, 0.3) is 255 Å². The maximum atomic E-state index is 6.58. The highest BCUT2D eigenvalue weighted by Gasteiger charge is 2.30. The third kappa shape index (κ3) is 8.52. The second kappa shape index (κ2) is 22.3. The Kier molecular flexibility index (Phi) is 12.0. The van der Waals surface area contributed by atoms with E-state index in [9.17, 15) is 0 Å². The lowest BCUT2D eigenvalue weighted by Gasteiger charge is -2.14. The molecule has 506 valence electrons. The molecule has 23 aromatic rings. The van der Waals surface area contributed by atoms with Crippen molar-refractivity contribution in [3.05, 3.63) is 328 Å². The van der Waals surface area contributed by atoms with Gasteiger partial charge in [-0.25, -0.2) is 29.9 Å². The van der Waals surface area contributed by atoms with E-state index >= 15 is 0 Å². The zero-order valence-corrected chi connectivity index (χ0v) is 58.6. The fourth-order valence-electron chi connectivity index (χ4n) is 18.3. The normalized spacial score (nSPS) is 12.4. The van der Waals surface area contributed by atoms with Crippen LogP contribution in [0.3, 0.4) is 0 Å². The highest BCUT2D eigenvalue weighted by molar-refractivity contribution is 6.39. The number of fused-ring (bicyclic) bond motifs is 4. The molecule has 2 aliphatic rings. The number of hydrogen-bond acceptors (Lipinski definition) is 8. The van der Waals surface area contributed by atoms with Crippen molar-refractivity contribution in [2.75, 3.05) is 0 Å². The van der Waals surface area contributed by atoms with Gasteiger partial charge in [0.05, 0.1) is 27.8 Å². The molecule has 6 heterocycles. The number of furan rings is 2. The van der Waals surface area contributed by atoms with Crippen molar-refractivity contribution in [3.8, 4) is 124 Å². The van der Waals surface area contributed by atoms with Gasteiger partial charge < -0.3 is 18.0 Å². The second-order valence-electron chi connectivity index (χ2n) is 29.2. The molecule has 6 aromatic heterocycles. The molecular formula is C100H54N8O2. The van der Waals surface area contributed by atoms with E-state index in [-0.39, 0.29) is 0 Å². The summed E-state index contributed by atoms with van der Waals surface area (Å²) in [6.07, 6.45) is 0. The molecule has 0 bridgehead atoms. The molecule has 25 rings (SSSR count). The molecule has 2 aliphatic carbocycles. The van der Waals surface area contributed by atoms with Crippen molar-refractivity contribution >= 4 is 131 Å². The Labute approximate surface area is 626 Å². The Morgan fingerprint density at radius 3 is 1.12 bits per heavy atom. The van der Waals surface area contributed by atoms with Crippen LogP contribution in [0.2, 0.25) is 0 Å². The van der Waals surface area contributed by atoms with Crippen LogP contribution in [0, 0.1) is 0 Å². The van der Waals surface area contributed by atoms with E-state index in [2.05, 4.69) is 300 Å². The number of rotatable bonds is 10. The first-order valence-electron chi connectivity index (χ1n) is 37.2. The molecule has 0 radical (unpaired) electrons. The maximum absolute atomic E-state index is 6.58. The van der Waals surface area contributed by atoms with Gasteiger partial charge in [-0.2, -0.15) is 0 Å². The Balaban J connectivity index is 0.540. The first-order chi connectivity index (χ1) is 54.5. The van der Waals surface area contributed by atoms with E-state index in [1.54, 1.807) is 0 Å². The van der Waals surface area contributed by atoms with Crippen LogP contribution in [0.15, 0.2) is 336 Å². The Morgan fingerprint density at radius 1 is 0.191 bits per heavy atom. The lowest BCUT2D eigenvalue weighted by atomic mass is 9.97. The lowest BCUT2D eigenvalue weighted by molar-refractivity contribution is 0.669. The van der Waals surface area contributed by atoms with E-state index in [1.165, 1.54) is 86.9 Å². The minimum absolute atomic E-state index is 0.587. The largest absolute Gasteiger partial charge is 0.456 e. The summed E-state index contributed by atoms with van der Waals surface area (Å²) in [7, 11) is 0. The number of nitrogens with zero attached hydrogens (tertiary/aromatic N) is 8. The van der Waals surface area contributed by atoms with Gasteiger partial charge in [-0.05, 0) is 156 Å². The molecule has 0 saturated heterocycles. The summed E-state index contributed by atoms with van der Waals surface area (Å²) in [5.74, 6) is 3.57. The van der Waals surface area contributed by atoms with Gasteiger partial charge in [0, 0.05) is 98.3 Å². The van der Waals surface area contributed by atoms with Gasteiger partial charge in [0.1, 0.15) is 22.3 Å². The van der Waals surface area contributed by atoms with Gasteiger partial charge in [-0.1, -0.05) is 243 Å². The van der Waals surface area contributed by atoms with Gasteiger partial charge in [-0.15, -0.1) is 0 Å². The van der Waals surface area contributed by atoms with Crippen LogP contribution in [0.5, 0.6) is 0 Å². The average Bonchev–Trinajstić information content (AvgIpc) is 1.53. The number of hydrogen-bond donors (Lipinski definition) is 0. The molecule has 0 atom stereocenters. The minimum atomic E-state index is 0.587. The van der Waals surface area contributed by atoms with E-state index in [0.717, 1.165) is 133 Å². The minimum Gasteiger partial charge on any atom is -0.456 e. The van der Waals surface area contributed by atoms with Crippen LogP contribution in [0.4, 0.5) is 0 Å². The van der Waals surface area contributed by atoms with Crippen molar-refractivity contribution < 1.29 is 8.83 Å². The molecule has 10 heteroatoms. The lowest BCUT2D eigenvalue weighted by Crippen LogP contribution is -2.01. The van der Waals surface area contributed by atoms with Gasteiger partial charge in [0.15, 0.2) is 34.9 Å². The highest BCUT2D eigenvalue weighted by Crippen LogP contribution is 2.54. The van der Waals surface area contributed by atoms with E-state index in [4.69, 9.17) is 38.7 Å². The Hall–Kier alpha value is -15.0. The van der Waals surface area contributed by atoms with Gasteiger partial charge in [0.2, 0.25) is 0 Å². The molecular weight excluding hydrogens is 1350 g/mol. The Bertz CT molecular complexity index is 8010. The molecule has 0 amide bonds. The van der Waals surface area contributed by atoms with Crippen molar-refractivity contribution in [2.45, 2.75) is 0 Å². The third-order valence-corrected chi connectivity index (χ3v) is 23.2. The summed E-state index contributed by atoms with van der Waals surface area (Å²) in [4.78, 5) is 31.4. The summed E-state index contributed by atoms with van der Waals surface area (Å²) in [5, 5.41) is 19.0. The predicted octanol–water partition coefficient (Wildman–Crippen LogP) is 26.0. The van der Waals surface area contributed by atoms with Crippen molar-refractivity contribution in [2.24, 2.45) is 0 Å². The maximum Gasteiger partial charge on any atom is 0.164 e. The molecule has 0 N–H and O–H groups in total. The zero-order chi connectivity index (χ0) is 71.6. The molecule has 17 aromatic carbocycles. The third-order valence-electron chi connectivity index (χ3n) is 23.2. The summed E-state index contributed by atoms with van der Waals surface area (Å²) in [6, 6.07) is 117. The van der Waals surface area contributed by atoms with Crippen molar-refractivity contribution in [1.29, 1.82) is 0 Å². The van der Waals surface area contributed by atoms with Crippen molar-refractivity contribution in [3.63, 3.8) is 0 Å². The smallest absolute Gasteiger partial charge is 0.164 e. The average molecular weight is 1400 g/mol. The predicted molar refractivity (Wildman–Crippen MR) is 448 cm³/mol. The van der Waals surface area contributed by atoms with Crippen LogP contribution < -0.4 is 0 Å². The fourth-order valence-corrected chi connectivity index (χ4v) is 18.3. The fraction of sp³-hybridized carbons (Fsp3) is 0. The van der Waals surface area contributed by atoms with E-state index in [0.29, 0.717) is 34.9 Å².